The number of nitrogen functional groups attached to an aromatic ring is 1. The van der Waals surface area contributed by atoms with E-state index in [9.17, 15) is 0 Å². The van der Waals surface area contributed by atoms with Gasteiger partial charge in [-0.25, -0.2) is 0 Å². The molecule has 0 unspecified atom stereocenters. The van der Waals surface area contributed by atoms with Crippen molar-refractivity contribution in [2.24, 2.45) is 11.1 Å². The first kappa shape index (κ1) is 12.9. The summed E-state index contributed by atoms with van der Waals surface area (Å²) in [4.78, 5) is 2.38. The summed E-state index contributed by atoms with van der Waals surface area (Å²) in [7, 11) is 0. The van der Waals surface area contributed by atoms with E-state index in [0.29, 0.717) is 5.41 Å². The minimum atomic E-state index is 0.161. The summed E-state index contributed by atoms with van der Waals surface area (Å²) < 4.78 is 0. The third-order valence-corrected chi connectivity index (χ3v) is 3.68. The molecule has 0 saturated carbocycles. The van der Waals surface area contributed by atoms with Crippen LogP contribution in [-0.4, -0.2) is 18.9 Å². The Morgan fingerprint density at radius 3 is 2.72 bits per heavy atom. The van der Waals surface area contributed by atoms with Gasteiger partial charge >= 0.3 is 0 Å². The molecule has 3 heteroatoms. The van der Waals surface area contributed by atoms with Gasteiger partial charge in [0.05, 0.1) is 0 Å². The van der Waals surface area contributed by atoms with Crippen molar-refractivity contribution in [3.05, 3.63) is 29.3 Å². The van der Waals surface area contributed by atoms with Crippen LogP contribution in [-0.2, 0) is 0 Å². The lowest BCUT2D eigenvalue weighted by Gasteiger charge is -2.40. The van der Waals surface area contributed by atoms with Gasteiger partial charge in [-0.05, 0) is 42.9 Å². The number of nitrogens with zero attached hydrogens (tertiary/aromatic N) is 1. The van der Waals surface area contributed by atoms with Gasteiger partial charge in [-0.2, -0.15) is 0 Å². The van der Waals surface area contributed by atoms with Crippen LogP contribution in [0.2, 0.25) is 0 Å². The number of benzene rings is 1. The van der Waals surface area contributed by atoms with Gasteiger partial charge in [0.25, 0.3) is 0 Å². The molecule has 1 aliphatic heterocycles. The molecule has 0 aromatic heterocycles. The first-order valence-electron chi connectivity index (χ1n) is 6.59. The highest BCUT2D eigenvalue weighted by Gasteiger charge is 2.27. The number of nitrogens with one attached hydrogen (secondary N) is 1. The maximum Gasteiger partial charge on any atom is 0.124 e. The SMILES string of the molecule is Cc1ccc(C(=N)N)c(N2CCCC(C)(C)C2)c1. The van der Waals surface area contributed by atoms with E-state index in [2.05, 4.69) is 31.7 Å². The van der Waals surface area contributed by atoms with Crippen LogP contribution in [0, 0.1) is 17.7 Å². The fourth-order valence-electron chi connectivity index (χ4n) is 2.76. The lowest BCUT2D eigenvalue weighted by atomic mass is 9.83. The molecule has 98 valence electrons. The van der Waals surface area contributed by atoms with E-state index in [1.54, 1.807) is 0 Å². The van der Waals surface area contributed by atoms with E-state index in [4.69, 9.17) is 11.1 Å². The number of nitrogens with two attached hydrogens (primary N) is 1. The van der Waals surface area contributed by atoms with Gasteiger partial charge in [-0.3, -0.25) is 5.41 Å². The molecule has 0 aliphatic carbocycles. The second-order valence-corrected chi connectivity index (χ2v) is 6.12. The number of aryl methyl sites for hydroxylation is 1. The highest BCUT2D eigenvalue weighted by molar-refractivity contribution is 6.00. The molecule has 2 rings (SSSR count). The second kappa shape index (κ2) is 4.63. The van der Waals surface area contributed by atoms with Crippen molar-refractivity contribution in [1.29, 1.82) is 5.41 Å². The molecule has 1 saturated heterocycles. The van der Waals surface area contributed by atoms with Gasteiger partial charge in [-0.1, -0.05) is 19.9 Å². The van der Waals surface area contributed by atoms with Crippen LogP contribution in [0.4, 0.5) is 5.69 Å². The average molecular weight is 245 g/mol. The van der Waals surface area contributed by atoms with Gasteiger partial charge < -0.3 is 10.6 Å². The minimum Gasteiger partial charge on any atom is -0.384 e. The molecule has 1 aliphatic rings. The number of amidine groups is 1. The number of rotatable bonds is 2. The van der Waals surface area contributed by atoms with Crippen LogP contribution in [0.25, 0.3) is 0 Å². The zero-order valence-electron chi connectivity index (χ0n) is 11.6. The minimum absolute atomic E-state index is 0.161. The van der Waals surface area contributed by atoms with Crippen molar-refractivity contribution in [2.45, 2.75) is 33.6 Å². The van der Waals surface area contributed by atoms with Crippen LogP contribution in [0.15, 0.2) is 18.2 Å². The van der Waals surface area contributed by atoms with Gasteiger partial charge in [0.1, 0.15) is 5.84 Å². The van der Waals surface area contributed by atoms with Crippen LogP contribution in [0.5, 0.6) is 0 Å². The number of hydrogen-bond acceptors (Lipinski definition) is 2. The summed E-state index contributed by atoms with van der Waals surface area (Å²) in [6, 6.07) is 6.14. The topological polar surface area (TPSA) is 53.1 Å². The Balaban J connectivity index is 2.37. The number of hydrogen-bond donors (Lipinski definition) is 2. The summed E-state index contributed by atoms with van der Waals surface area (Å²) in [6.07, 6.45) is 2.48. The Labute approximate surface area is 109 Å². The van der Waals surface area contributed by atoms with E-state index in [-0.39, 0.29) is 5.84 Å². The second-order valence-electron chi connectivity index (χ2n) is 6.12. The molecular weight excluding hydrogens is 222 g/mol. The van der Waals surface area contributed by atoms with Crippen LogP contribution in [0.1, 0.15) is 37.8 Å². The molecule has 1 heterocycles. The normalized spacial score (nSPS) is 18.7. The zero-order chi connectivity index (χ0) is 13.3. The smallest absolute Gasteiger partial charge is 0.124 e. The van der Waals surface area contributed by atoms with Crippen LogP contribution < -0.4 is 10.6 Å². The van der Waals surface area contributed by atoms with E-state index >= 15 is 0 Å². The van der Waals surface area contributed by atoms with E-state index in [1.165, 1.54) is 18.4 Å². The van der Waals surface area contributed by atoms with Crippen molar-refractivity contribution in [3.8, 4) is 0 Å². The first-order valence-corrected chi connectivity index (χ1v) is 6.59. The van der Waals surface area contributed by atoms with Crippen molar-refractivity contribution in [1.82, 2.24) is 0 Å². The molecule has 1 aromatic rings. The summed E-state index contributed by atoms with van der Waals surface area (Å²) in [6.45, 7) is 8.80. The van der Waals surface area contributed by atoms with Gasteiger partial charge in [0.15, 0.2) is 0 Å². The van der Waals surface area contributed by atoms with Crippen molar-refractivity contribution >= 4 is 11.5 Å². The molecule has 0 spiro atoms. The van der Waals surface area contributed by atoms with Gasteiger partial charge in [0.2, 0.25) is 0 Å². The van der Waals surface area contributed by atoms with E-state index in [0.717, 1.165) is 24.3 Å². The molecule has 1 fully saturated rings. The van der Waals surface area contributed by atoms with Crippen molar-refractivity contribution < 1.29 is 0 Å². The third-order valence-electron chi connectivity index (χ3n) is 3.68. The molecule has 0 atom stereocenters. The molecule has 3 N–H and O–H groups in total. The lowest BCUT2D eigenvalue weighted by Crippen LogP contribution is -2.41. The maximum atomic E-state index is 7.72. The Morgan fingerprint density at radius 2 is 2.11 bits per heavy atom. The highest BCUT2D eigenvalue weighted by atomic mass is 15.1. The quantitative estimate of drug-likeness (QED) is 0.622. The fraction of sp³-hybridized carbons (Fsp3) is 0.533. The van der Waals surface area contributed by atoms with E-state index < -0.39 is 0 Å². The monoisotopic (exact) mass is 245 g/mol. The van der Waals surface area contributed by atoms with Crippen LogP contribution >= 0.6 is 0 Å². The molecule has 3 nitrogen and oxygen atoms in total. The number of piperidine rings is 1. The predicted octanol–water partition coefficient (Wildman–Crippen LogP) is 2.91. The Bertz CT molecular complexity index is 463. The maximum absolute atomic E-state index is 7.72. The molecular formula is C15H23N3. The molecule has 0 bridgehead atoms. The van der Waals surface area contributed by atoms with Crippen molar-refractivity contribution in [2.75, 3.05) is 18.0 Å². The fourth-order valence-corrected chi connectivity index (χ4v) is 2.76. The predicted molar refractivity (Wildman–Crippen MR) is 77.4 cm³/mol. The van der Waals surface area contributed by atoms with Gasteiger partial charge in [0, 0.05) is 24.3 Å². The summed E-state index contributed by atoms with van der Waals surface area (Å²) in [5.74, 6) is 0.161. The Morgan fingerprint density at radius 1 is 1.39 bits per heavy atom. The largest absolute Gasteiger partial charge is 0.384 e. The van der Waals surface area contributed by atoms with Crippen molar-refractivity contribution in [3.63, 3.8) is 0 Å². The first-order chi connectivity index (χ1) is 8.39. The molecule has 18 heavy (non-hydrogen) atoms. The Hall–Kier alpha value is -1.51. The molecule has 1 aromatic carbocycles. The van der Waals surface area contributed by atoms with E-state index in [1.807, 2.05) is 12.1 Å². The van der Waals surface area contributed by atoms with Gasteiger partial charge in [-0.15, -0.1) is 0 Å². The Kier molecular flexibility index (Phi) is 3.33. The standard InChI is InChI=1S/C15H23N3/c1-11-5-6-12(14(16)17)13(9-11)18-8-4-7-15(2,3)10-18/h5-6,9H,4,7-8,10H2,1-3H3,(H3,16,17). The van der Waals surface area contributed by atoms with Crippen LogP contribution in [0.3, 0.4) is 0 Å². The lowest BCUT2D eigenvalue weighted by molar-refractivity contribution is 0.293. The summed E-state index contributed by atoms with van der Waals surface area (Å²) >= 11 is 0. The third kappa shape index (κ3) is 2.66. The average Bonchev–Trinajstić information content (AvgIpc) is 2.27. The summed E-state index contributed by atoms with van der Waals surface area (Å²) in [5.41, 5.74) is 9.24. The molecule has 0 radical (unpaired) electrons. The number of anilines is 1. The highest BCUT2D eigenvalue weighted by Crippen LogP contribution is 2.33. The zero-order valence-corrected chi connectivity index (χ0v) is 11.6. The molecule has 0 amide bonds. The summed E-state index contributed by atoms with van der Waals surface area (Å²) in [5, 5.41) is 7.72.